The van der Waals surface area contributed by atoms with Gasteiger partial charge in [0.2, 0.25) is 5.89 Å². The molecule has 0 unspecified atom stereocenters. The summed E-state index contributed by atoms with van der Waals surface area (Å²) in [5.74, 6) is 1.53. The Labute approximate surface area is 127 Å². The molecule has 6 heteroatoms. The number of methoxy groups -OCH3 is 1. The van der Waals surface area contributed by atoms with Gasteiger partial charge in [0.15, 0.2) is 0 Å². The molecule has 1 aliphatic carbocycles. The Morgan fingerprint density at radius 1 is 1.24 bits per heavy atom. The molecule has 1 heterocycles. The van der Waals surface area contributed by atoms with Crippen LogP contribution in [0.25, 0.3) is 0 Å². The molecule has 1 aromatic heterocycles. The van der Waals surface area contributed by atoms with E-state index in [0.717, 1.165) is 12.5 Å². The van der Waals surface area contributed by atoms with Crippen LogP contribution in [0, 0.1) is 5.92 Å². The maximum atomic E-state index is 5.60. The van der Waals surface area contributed by atoms with E-state index in [1.165, 1.54) is 38.5 Å². The third-order valence-electron chi connectivity index (χ3n) is 4.10. The van der Waals surface area contributed by atoms with Crippen LogP contribution in [0.5, 0.6) is 0 Å². The van der Waals surface area contributed by atoms with Crippen LogP contribution >= 0.6 is 0 Å². The van der Waals surface area contributed by atoms with E-state index in [1.54, 1.807) is 7.11 Å². The lowest BCUT2D eigenvalue weighted by Crippen LogP contribution is -2.26. The second kappa shape index (κ2) is 9.00. The fourth-order valence-electron chi connectivity index (χ4n) is 2.93. The van der Waals surface area contributed by atoms with Crippen LogP contribution in [-0.4, -0.2) is 36.5 Å². The predicted octanol–water partition coefficient (Wildman–Crippen LogP) is 2.58. The Morgan fingerprint density at radius 3 is 2.76 bits per heavy atom. The van der Waals surface area contributed by atoms with Crippen LogP contribution < -0.4 is 10.6 Å². The fraction of sp³-hybridized carbons (Fsp3) is 0.867. The highest BCUT2D eigenvalue weighted by Crippen LogP contribution is 2.29. The lowest BCUT2D eigenvalue weighted by atomic mass is 9.83. The van der Waals surface area contributed by atoms with Crippen molar-refractivity contribution < 1.29 is 9.15 Å². The molecule has 120 valence electrons. The number of ether oxygens (including phenoxy) is 1. The summed E-state index contributed by atoms with van der Waals surface area (Å²) in [6.45, 7) is 4.32. The Bertz CT molecular complexity index is 389. The van der Waals surface area contributed by atoms with Gasteiger partial charge in [-0.2, -0.15) is 0 Å². The summed E-state index contributed by atoms with van der Waals surface area (Å²) in [5, 5.41) is 14.7. The van der Waals surface area contributed by atoms with E-state index in [2.05, 4.69) is 27.8 Å². The number of hydrogen-bond acceptors (Lipinski definition) is 6. The van der Waals surface area contributed by atoms with Crippen molar-refractivity contribution in [1.29, 1.82) is 0 Å². The molecular weight excluding hydrogens is 268 g/mol. The zero-order valence-electron chi connectivity index (χ0n) is 13.2. The first kappa shape index (κ1) is 16.2. The topological polar surface area (TPSA) is 72.2 Å². The number of aromatic nitrogens is 2. The molecule has 2 rings (SSSR count). The van der Waals surface area contributed by atoms with E-state index < -0.39 is 0 Å². The van der Waals surface area contributed by atoms with Crippen molar-refractivity contribution in [1.82, 2.24) is 15.5 Å². The second-order valence-electron chi connectivity index (χ2n) is 5.82. The molecule has 1 saturated carbocycles. The smallest absolute Gasteiger partial charge is 0.315 e. The molecule has 1 aromatic rings. The number of nitrogens with zero attached hydrogens (tertiary/aromatic N) is 2. The van der Waals surface area contributed by atoms with Gasteiger partial charge in [-0.05, 0) is 31.6 Å². The molecule has 21 heavy (non-hydrogen) atoms. The molecule has 2 N–H and O–H groups in total. The van der Waals surface area contributed by atoms with Gasteiger partial charge in [0.25, 0.3) is 0 Å². The lowest BCUT2D eigenvalue weighted by molar-refractivity contribution is 0.198. The maximum Gasteiger partial charge on any atom is 0.315 e. The average molecular weight is 296 g/mol. The molecule has 0 bridgehead atoms. The van der Waals surface area contributed by atoms with Gasteiger partial charge in [-0.3, -0.25) is 0 Å². The minimum Gasteiger partial charge on any atom is -0.407 e. The van der Waals surface area contributed by atoms with Crippen LogP contribution in [0.1, 0.15) is 51.3 Å². The third kappa shape index (κ3) is 5.63. The largest absolute Gasteiger partial charge is 0.407 e. The Balaban J connectivity index is 1.68. The number of nitrogens with one attached hydrogen (secondary N) is 2. The monoisotopic (exact) mass is 296 g/mol. The van der Waals surface area contributed by atoms with Gasteiger partial charge in [0.1, 0.15) is 0 Å². The number of hydrogen-bond donors (Lipinski definition) is 2. The van der Waals surface area contributed by atoms with E-state index in [9.17, 15) is 0 Å². The van der Waals surface area contributed by atoms with Crippen molar-refractivity contribution >= 4 is 6.01 Å². The molecule has 0 aliphatic heterocycles. The molecule has 0 spiro atoms. The van der Waals surface area contributed by atoms with Crippen molar-refractivity contribution in [3.05, 3.63) is 5.89 Å². The van der Waals surface area contributed by atoms with Crippen LogP contribution in [0.2, 0.25) is 0 Å². The summed E-state index contributed by atoms with van der Waals surface area (Å²) in [7, 11) is 1.69. The van der Waals surface area contributed by atoms with E-state index in [4.69, 9.17) is 9.15 Å². The number of rotatable bonds is 9. The van der Waals surface area contributed by atoms with Gasteiger partial charge in [-0.1, -0.05) is 24.9 Å². The van der Waals surface area contributed by atoms with Crippen molar-refractivity contribution in [2.45, 2.75) is 58.0 Å². The molecule has 1 aliphatic rings. The summed E-state index contributed by atoms with van der Waals surface area (Å²) < 4.78 is 10.6. The zero-order chi connectivity index (χ0) is 14.9. The molecule has 0 aromatic carbocycles. The lowest BCUT2D eigenvalue weighted by Gasteiger charge is -2.28. The molecular formula is C15H28N4O2. The quantitative estimate of drug-likeness (QED) is 0.682. The van der Waals surface area contributed by atoms with Crippen LogP contribution in [0.3, 0.4) is 0 Å². The van der Waals surface area contributed by atoms with Crippen molar-refractivity contribution in [3.8, 4) is 0 Å². The van der Waals surface area contributed by atoms with Gasteiger partial charge in [0.05, 0.1) is 13.2 Å². The third-order valence-corrected chi connectivity index (χ3v) is 4.10. The highest BCUT2D eigenvalue weighted by molar-refractivity contribution is 5.19. The predicted molar refractivity (Wildman–Crippen MR) is 82.2 cm³/mol. The number of anilines is 1. The fourth-order valence-corrected chi connectivity index (χ4v) is 2.93. The SMILES string of the molecule is CCCC1CCC(Nc2nnc(CNCCOC)o2)CC1. The van der Waals surface area contributed by atoms with E-state index >= 15 is 0 Å². The first-order valence-electron chi connectivity index (χ1n) is 8.10. The highest BCUT2D eigenvalue weighted by atomic mass is 16.5. The van der Waals surface area contributed by atoms with Gasteiger partial charge >= 0.3 is 6.01 Å². The Kier molecular flexibility index (Phi) is 6.95. The van der Waals surface area contributed by atoms with Crippen LogP contribution in [0.15, 0.2) is 4.42 Å². The molecule has 0 radical (unpaired) electrons. The molecule has 0 amide bonds. The summed E-state index contributed by atoms with van der Waals surface area (Å²) in [5.41, 5.74) is 0. The Hall–Kier alpha value is -1.14. The van der Waals surface area contributed by atoms with E-state index in [1.807, 2.05) is 0 Å². The molecule has 1 fully saturated rings. The van der Waals surface area contributed by atoms with Crippen LogP contribution in [-0.2, 0) is 11.3 Å². The summed E-state index contributed by atoms with van der Waals surface area (Å²) in [6, 6.07) is 1.03. The summed E-state index contributed by atoms with van der Waals surface area (Å²) in [4.78, 5) is 0. The van der Waals surface area contributed by atoms with Crippen LogP contribution in [0.4, 0.5) is 6.01 Å². The average Bonchev–Trinajstić information content (AvgIpc) is 2.94. The normalized spacial score (nSPS) is 22.4. The highest BCUT2D eigenvalue weighted by Gasteiger charge is 2.21. The molecule has 6 nitrogen and oxygen atoms in total. The Morgan fingerprint density at radius 2 is 2.05 bits per heavy atom. The maximum absolute atomic E-state index is 5.60. The van der Waals surface area contributed by atoms with E-state index in [-0.39, 0.29) is 0 Å². The van der Waals surface area contributed by atoms with Gasteiger partial charge < -0.3 is 19.8 Å². The molecule has 0 atom stereocenters. The van der Waals surface area contributed by atoms with Gasteiger partial charge in [-0.25, -0.2) is 0 Å². The van der Waals surface area contributed by atoms with Crippen molar-refractivity contribution in [2.75, 3.05) is 25.6 Å². The van der Waals surface area contributed by atoms with Crippen molar-refractivity contribution in [2.24, 2.45) is 5.92 Å². The van der Waals surface area contributed by atoms with Gasteiger partial charge in [-0.15, -0.1) is 5.10 Å². The first-order valence-corrected chi connectivity index (χ1v) is 8.10. The standard InChI is InChI=1S/C15H28N4O2/c1-3-4-12-5-7-13(8-6-12)17-15-19-18-14(21-15)11-16-9-10-20-2/h12-13,16H,3-11H2,1-2H3,(H,17,19). The minimum absolute atomic E-state index is 0.479. The first-order chi connectivity index (χ1) is 10.3. The summed E-state index contributed by atoms with van der Waals surface area (Å²) >= 11 is 0. The minimum atomic E-state index is 0.479. The zero-order valence-corrected chi connectivity index (χ0v) is 13.2. The van der Waals surface area contributed by atoms with E-state index in [0.29, 0.717) is 31.1 Å². The molecule has 0 saturated heterocycles. The van der Waals surface area contributed by atoms with Crippen molar-refractivity contribution in [3.63, 3.8) is 0 Å². The summed E-state index contributed by atoms with van der Waals surface area (Å²) in [6.07, 6.45) is 7.69. The second-order valence-corrected chi connectivity index (χ2v) is 5.82. The van der Waals surface area contributed by atoms with Gasteiger partial charge in [0, 0.05) is 19.7 Å².